The number of carbonyl (C=O) groups is 1. The highest BCUT2D eigenvalue weighted by Gasteiger charge is 2.22. The lowest BCUT2D eigenvalue weighted by molar-refractivity contribution is -0.103. The fraction of sp³-hybridized carbons (Fsp3) is 0.438. The molecule has 1 heterocycles. The van der Waals surface area contributed by atoms with Crippen molar-refractivity contribution in [1.29, 1.82) is 0 Å². The first-order valence-electron chi connectivity index (χ1n) is 7.22. The fourth-order valence-corrected chi connectivity index (χ4v) is 2.31. The number of amides is 1. The van der Waals surface area contributed by atoms with Crippen LogP contribution in [0.2, 0.25) is 0 Å². The second kappa shape index (κ2) is 6.37. The molecule has 1 amide bonds. The molecule has 0 radical (unpaired) electrons. The lowest BCUT2D eigenvalue weighted by Gasteiger charge is -2.24. The van der Waals surface area contributed by atoms with E-state index in [2.05, 4.69) is 10.3 Å². The Balaban J connectivity index is 2.12. The van der Waals surface area contributed by atoms with Gasteiger partial charge in [-0.1, -0.05) is 18.2 Å². The van der Waals surface area contributed by atoms with Gasteiger partial charge in [-0.25, -0.2) is 4.79 Å². The summed E-state index contributed by atoms with van der Waals surface area (Å²) >= 11 is 0. The Hall–Kier alpha value is -2.05. The quantitative estimate of drug-likeness (QED) is 0.759. The van der Waals surface area contributed by atoms with E-state index >= 15 is 0 Å². The summed E-state index contributed by atoms with van der Waals surface area (Å²) in [5.41, 5.74) is 1.35. The molecule has 0 bridgehead atoms. The van der Waals surface area contributed by atoms with E-state index in [1.54, 1.807) is 7.05 Å². The van der Waals surface area contributed by atoms with Crippen molar-refractivity contribution in [3.05, 3.63) is 36.0 Å². The highest BCUT2D eigenvalue weighted by Crippen LogP contribution is 2.26. The predicted molar refractivity (Wildman–Crippen MR) is 84.8 cm³/mol. The summed E-state index contributed by atoms with van der Waals surface area (Å²) in [4.78, 5) is 14.9. The van der Waals surface area contributed by atoms with Crippen LogP contribution in [0.25, 0.3) is 10.9 Å². The Kier molecular flexibility index (Phi) is 4.73. The number of aromatic amines is 1. The summed E-state index contributed by atoms with van der Waals surface area (Å²) < 4.78 is 5.21. The van der Waals surface area contributed by atoms with E-state index in [4.69, 9.17) is 4.74 Å². The molecule has 2 aromatic rings. The van der Waals surface area contributed by atoms with E-state index in [1.807, 2.05) is 51.2 Å². The number of carbonyl (C=O) groups excluding carboxylic acids is 1. The second-order valence-electron chi connectivity index (χ2n) is 6.26. The number of H-pyrrole nitrogens is 1. The maximum absolute atomic E-state index is 11.8. The Bertz CT molecular complexity index is 643. The van der Waals surface area contributed by atoms with Gasteiger partial charge in [0.15, 0.2) is 0 Å². The average Bonchev–Trinajstić information content (AvgIpc) is 2.81. The Labute approximate surface area is 130 Å². The highest BCUT2D eigenvalue weighted by atomic mass is 16.6. The molecule has 1 aromatic carbocycles. The van der Waals surface area contributed by atoms with Crippen molar-refractivity contribution >= 4 is 17.0 Å². The summed E-state index contributed by atoms with van der Waals surface area (Å²) in [6.45, 7) is 5.66. The highest BCUT2D eigenvalue weighted by molar-refractivity contribution is 5.83. The van der Waals surface area contributed by atoms with E-state index < -0.39 is 11.7 Å². The SMILES string of the molecule is CN(O)C(CNC(=O)OC(C)(C)C)c1c[nH]c2ccccc12. The van der Waals surface area contributed by atoms with E-state index in [-0.39, 0.29) is 12.6 Å². The maximum atomic E-state index is 11.8. The molecule has 3 N–H and O–H groups in total. The first kappa shape index (κ1) is 16.3. The molecule has 1 atom stereocenters. The largest absolute Gasteiger partial charge is 0.444 e. The number of hydroxylamine groups is 2. The number of likely N-dealkylation sites (N-methyl/N-ethyl adjacent to an activating group) is 1. The minimum absolute atomic E-state index is 0.240. The zero-order chi connectivity index (χ0) is 16.3. The van der Waals surface area contributed by atoms with E-state index in [0.29, 0.717) is 0 Å². The zero-order valence-electron chi connectivity index (χ0n) is 13.4. The van der Waals surface area contributed by atoms with E-state index in [1.165, 1.54) is 0 Å². The summed E-state index contributed by atoms with van der Waals surface area (Å²) in [5.74, 6) is 0. The topological polar surface area (TPSA) is 77.6 Å². The molecule has 1 aromatic heterocycles. The van der Waals surface area contributed by atoms with Gasteiger partial charge in [-0.05, 0) is 32.4 Å². The zero-order valence-corrected chi connectivity index (χ0v) is 13.4. The van der Waals surface area contributed by atoms with Gasteiger partial charge in [0.2, 0.25) is 0 Å². The van der Waals surface area contributed by atoms with Crippen molar-refractivity contribution in [3.8, 4) is 0 Å². The Morgan fingerprint density at radius 3 is 2.73 bits per heavy atom. The molecule has 22 heavy (non-hydrogen) atoms. The predicted octanol–water partition coefficient (Wildman–Crippen LogP) is 3.05. The minimum atomic E-state index is -0.550. The summed E-state index contributed by atoms with van der Waals surface area (Å²) in [6, 6.07) is 7.46. The monoisotopic (exact) mass is 305 g/mol. The summed E-state index contributed by atoms with van der Waals surface area (Å²) in [5, 5.41) is 14.7. The van der Waals surface area contributed by atoms with Crippen molar-refractivity contribution < 1.29 is 14.7 Å². The molecule has 0 saturated heterocycles. The van der Waals surface area contributed by atoms with Gasteiger partial charge in [-0.3, -0.25) is 0 Å². The van der Waals surface area contributed by atoms with Crippen molar-refractivity contribution in [1.82, 2.24) is 15.4 Å². The number of benzene rings is 1. The van der Waals surface area contributed by atoms with Crippen LogP contribution in [0.3, 0.4) is 0 Å². The van der Waals surface area contributed by atoms with Crippen molar-refractivity contribution in [2.45, 2.75) is 32.4 Å². The third-order valence-corrected chi connectivity index (χ3v) is 3.27. The van der Waals surface area contributed by atoms with Crippen LogP contribution in [0, 0.1) is 0 Å². The number of fused-ring (bicyclic) bond motifs is 1. The number of nitrogens with zero attached hydrogens (tertiary/aromatic N) is 1. The number of nitrogens with one attached hydrogen (secondary N) is 2. The van der Waals surface area contributed by atoms with Crippen LogP contribution in [0.1, 0.15) is 32.4 Å². The maximum Gasteiger partial charge on any atom is 0.407 e. The van der Waals surface area contributed by atoms with Crippen LogP contribution in [0.5, 0.6) is 0 Å². The van der Waals surface area contributed by atoms with Gasteiger partial charge in [0.05, 0.1) is 6.04 Å². The van der Waals surface area contributed by atoms with Gasteiger partial charge in [0, 0.05) is 30.7 Å². The van der Waals surface area contributed by atoms with Crippen molar-refractivity contribution in [2.75, 3.05) is 13.6 Å². The molecule has 6 heteroatoms. The molecule has 0 spiro atoms. The standard InChI is InChI=1S/C16H23N3O3/c1-16(2,3)22-15(20)18-10-14(19(4)21)12-9-17-13-8-6-5-7-11(12)13/h5-9,14,17,21H,10H2,1-4H3,(H,18,20). The number of rotatable bonds is 4. The van der Waals surface area contributed by atoms with Crippen LogP contribution in [-0.4, -0.2) is 40.5 Å². The lowest BCUT2D eigenvalue weighted by Crippen LogP contribution is -2.38. The van der Waals surface area contributed by atoms with E-state index in [9.17, 15) is 10.0 Å². The van der Waals surface area contributed by atoms with Crippen LogP contribution in [0.15, 0.2) is 30.5 Å². The molecule has 0 aliphatic carbocycles. The number of hydrogen-bond acceptors (Lipinski definition) is 4. The molecule has 0 aliphatic heterocycles. The normalized spacial score (nSPS) is 13.4. The molecule has 6 nitrogen and oxygen atoms in total. The molecule has 120 valence electrons. The van der Waals surface area contributed by atoms with Crippen molar-refractivity contribution in [3.63, 3.8) is 0 Å². The molecule has 0 saturated carbocycles. The first-order valence-corrected chi connectivity index (χ1v) is 7.22. The Morgan fingerprint density at radius 2 is 2.09 bits per heavy atom. The molecule has 0 aliphatic rings. The van der Waals surface area contributed by atoms with Crippen molar-refractivity contribution in [2.24, 2.45) is 0 Å². The van der Waals surface area contributed by atoms with Crippen LogP contribution >= 0.6 is 0 Å². The number of hydrogen-bond donors (Lipinski definition) is 3. The summed E-state index contributed by atoms with van der Waals surface area (Å²) in [7, 11) is 1.56. The second-order valence-corrected chi connectivity index (χ2v) is 6.26. The third kappa shape index (κ3) is 3.99. The van der Waals surface area contributed by atoms with Gasteiger partial charge in [0.1, 0.15) is 5.60 Å². The minimum Gasteiger partial charge on any atom is -0.444 e. The van der Waals surface area contributed by atoms with Crippen LogP contribution in [0.4, 0.5) is 4.79 Å². The Morgan fingerprint density at radius 1 is 1.41 bits per heavy atom. The van der Waals surface area contributed by atoms with Gasteiger partial charge in [0.25, 0.3) is 0 Å². The average molecular weight is 305 g/mol. The number of ether oxygens (including phenoxy) is 1. The molecular weight excluding hydrogens is 282 g/mol. The smallest absolute Gasteiger partial charge is 0.407 e. The number of para-hydroxylation sites is 1. The molecule has 1 unspecified atom stereocenters. The van der Waals surface area contributed by atoms with Gasteiger partial charge in [-0.2, -0.15) is 5.06 Å². The summed E-state index contributed by atoms with van der Waals surface area (Å²) in [6.07, 6.45) is 1.35. The molecular formula is C16H23N3O3. The van der Waals surface area contributed by atoms with Crippen LogP contribution < -0.4 is 5.32 Å². The first-order chi connectivity index (χ1) is 10.3. The molecule has 0 fully saturated rings. The van der Waals surface area contributed by atoms with Gasteiger partial charge >= 0.3 is 6.09 Å². The van der Waals surface area contributed by atoms with E-state index in [0.717, 1.165) is 21.5 Å². The molecule has 2 rings (SSSR count). The van der Waals surface area contributed by atoms with Crippen LogP contribution in [-0.2, 0) is 4.74 Å². The van der Waals surface area contributed by atoms with Gasteiger partial charge in [-0.15, -0.1) is 0 Å². The third-order valence-electron chi connectivity index (χ3n) is 3.27. The lowest BCUT2D eigenvalue weighted by atomic mass is 10.1. The fourth-order valence-electron chi connectivity index (χ4n) is 2.31. The number of alkyl carbamates (subject to hydrolysis) is 1. The van der Waals surface area contributed by atoms with Gasteiger partial charge < -0.3 is 20.2 Å². The number of aromatic nitrogens is 1.